The van der Waals surface area contributed by atoms with Gasteiger partial charge in [0.1, 0.15) is 0 Å². The molecule has 1 atom stereocenters. The van der Waals surface area contributed by atoms with Crippen LogP contribution in [0, 0.1) is 0 Å². The number of ketones is 1. The first-order valence-electron chi connectivity index (χ1n) is 7.22. The van der Waals surface area contributed by atoms with Gasteiger partial charge in [-0.15, -0.1) is 0 Å². The average Bonchev–Trinajstić information content (AvgIpc) is 2.53. The van der Waals surface area contributed by atoms with E-state index in [1.54, 1.807) is 18.6 Å². The highest BCUT2D eigenvalue weighted by Crippen LogP contribution is 2.33. The Balaban J connectivity index is 2.00. The van der Waals surface area contributed by atoms with Crippen molar-refractivity contribution in [1.82, 2.24) is 9.97 Å². The van der Waals surface area contributed by atoms with Gasteiger partial charge in [-0.1, -0.05) is 13.0 Å². The van der Waals surface area contributed by atoms with Gasteiger partial charge in [-0.3, -0.25) is 14.8 Å². The first kappa shape index (κ1) is 13.0. The van der Waals surface area contributed by atoms with Crippen molar-refractivity contribution in [3.8, 4) is 0 Å². The fourth-order valence-electron chi connectivity index (χ4n) is 3.00. The third kappa shape index (κ3) is 2.24. The minimum absolute atomic E-state index is 0.0901. The highest BCUT2D eigenvalue weighted by Gasteiger charge is 2.29. The molecule has 3 nitrogen and oxygen atoms in total. The molecule has 3 heteroatoms. The molecule has 0 N–H and O–H groups in total. The van der Waals surface area contributed by atoms with Crippen LogP contribution in [0.1, 0.15) is 52.9 Å². The van der Waals surface area contributed by atoms with Gasteiger partial charge in [0.25, 0.3) is 0 Å². The Morgan fingerprint density at radius 1 is 1.35 bits per heavy atom. The number of rotatable bonds is 3. The van der Waals surface area contributed by atoms with Gasteiger partial charge in [0.05, 0.1) is 11.6 Å². The van der Waals surface area contributed by atoms with E-state index in [0.29, 0.717) is 0 Å². The van der Waals surface area contributed by atoms with Crippen molar-refractivity contribution in [1.29, 1.82) is 0 Å². The van der Waals surface area contributed by atoms with Gasteiger partial charge >= 0.3 is 0 Å². The van der Waals surface area contributed by atoms with Crippen molar-refractivity contribution in [2.45, 2.75) is 38.5 Å². The second kappa shape index (κ2) is 5.53. The maximum Gasteiger partial charge on any atom is 0.172 e. The molecular formula is C17H18N2O. The molecule has 0 saturated carbocycles. The van der Waals surface area contributed by atoms with Crippen LogP contribution in [0.5, 0.6) is 0 Å². The van der Waals surface area contributed by atoms with Crippen molar-refractivity contribution in [3.63, 3.8) is 0 Å². The van der Waals surface area contributed by atoms with Crippen LogP contribution in [-0.4, -0.2) is 15.8 Å². The van der Waals surface area contributed by atoms with E-state index in [0.717, 1.165) is 42.5 Å². The fraction of sp³-hybridized carbons (Fsp3) is 0.353. The zero-order valence-corrected chi connectivity index (χ0v) is 11.7. The lowest BCUT2D eigenvalue weighted by Gasteiger charge is -2.23. The van der Waals surface area contributed by atoms with Gasteiger partial charge in [-0.25, -0.2) is 0 Å². The summed E-state index contributed by atoms with van der Waals surface area (Å²) < 4.78 is 0. The average molecular weight is 266 g/mol. The summed E-state index contributed by atoms with van der Waals surface area (Å²) in [4.78, 5) is 21.5. The quantitative estimate of drug-likeness (QED) is 0.800. The number of carbonyl (C=O) groups is 1. The Labute approximate surface area is 119 Å². The summed E-state index contributed by atoms with van der Waals surface area (Å²) in [5.74, 6) is 0.108. The van der Waals surface area contributed by atoms with Crippen LogP contribution >= 0.6 is 0 Å². The summed E-state index contributed by atoms with van der Waals surface area (Å²) in [6.07, 6.45) is 9.11. The SMILES string of the molecule is CCc1cnccc1C(=O)C1CCCc2cccnc21. The molecule has 0 aliphatic heterocycles. The Morgan fingerprint density at radius 3 is 3.10 bits per heavy atom. The second-order valence-corrected chi connectivity index (χ2v) is 5.24. The van der Waals surface area contributed by atoms with Gasteiger partial charge in [0.15, 0.2) is 5.78 Å². The van der Waals surface area contributed by atoms with Crippen LogP contribution in [0.4, 0.5) is 0 Å². The molecule has 2 aromatic heterocycles. The lowest BCUT2D eigenvalue weighted by atomic mass is 9.81. The molecule has 0 amide bonds. The number of aryl methyl sites for hydroxylation is 2. The van der Waals surface area contributed by atoms with E-state index in [-0.39, 0.29) is 11.7 Å². The molecule has 0 fully saturated rings. The normalized spacial score (nSPS) is 17.6. The van der Waals surface area contributed by atoms with Crippen LogP contribution in [0.2, 0.25) is 0 Å². The first-order valence-corrected chi connectivity index (χ1v) is 7.22. The van der Waals surface area contributed by atoms with E-state index < -0.39 is 0 Å². The maximum atomic E-state index is 12.9. The zero-order chi connectivity index (χ0) is 13.9. The number of hydrogen-bond acceptors (Lipinski definition) is 3. The van der Waals surface area contributed by atoms with Gasteiger partial charge in [-0.2, -0.15) is 0 Å². The van der Waals surface area contributed by atoms with Crippen LogP contribution in [0.25, 0.3) is 0 Å². The van der Waals surface area contributed by atoms with Gasteiger partial charge in [0, 0.05) is 24.2 Å². The van der Waals surface area contributed by atoms with Crippen molar-refractivity contribution in [3.05, 3.63) is 59.2 Å². The second-order valence-electron chi connectivity index (χ2n) is 5.24. The number of carbonyl (C=O) groups excluding carboxylic acids is 1. The molecule has 0 aromatic carbocycles. The summed E-state index contributed by atoms with van der Waals surface area (Å²) in [6.45, 7) is 2.06. The number of nitrogens with zero attached hydrogens (tertiary/aromatic N) is 2. The summed E-state index contributed by atoms with van der Waals surface area (Å²) >= 11 is 0. The molecule has 20 heavy (non-hydrogen) atoms. The molecule has 0 bridgehead atoms. The smallest absolute Gasteiger partial charge is 0.172 e. The number of aromatic nitrogens is 2. The van der Waals surface area contributed by atoms with E-state index in [4.69, 9.17) is 0 Å². The standard InChI is InChI=1S/C17H18N2O/c1-2-12-11-18-10-8-14(12)17(20)15-7-3-5-13-6-4-9-19-16(13)15/h4,6,8-11,15H,2-3,5,7H2,1H3. The van der Waals surface area contributed by atoms with Crippen molar-refractivity contribution >= 4 is 5.78 Å². The highest BCUT2D eigenvalue weighted by atomic mass is 16.1. The monoisotopic (exact) mass is 266 g/mol. The van der Waals surface area contributed by atoms with E-state index in [1.165, 1.54) is 5.56 Å². The van der Waals surface area contributed by atoms with Crippen LogP contribution in [0.15, 0.2) is 36.8 Å². The number of pyridine rings is 2. The predicted molar refractivity (Wildman–Crippen MR) is 77.9 cm³/mol. The molecule has 2 heterocycles. The van der Waals surface area contributed by atoms with Gasteiger partial charge < -0.3 is 0 Å². The lowest BCUT2D eigenvalue weighted by Crippen LogP contribution is -2.21. The van der Waals surface area contributed by atoms with Crippen LogP contribution in [-0.2, 0) is 12.8 Å². The molecule has 1 aliphatic carbocycles. The summed E-state index contributed by atoms with van der Waals surface area (Å²) in [5, 5.41) is 0. The summed E-state index contributed by atoms with van der Waals surface area (Å²) in [5.41, 5.74) is 4.04. The molecule has 0 spiro atoms. The Morgan fingerprint density at radius 2 is 2.25 bits per heavy atom. The Kier molecular flexibility index (Phi) is 3.59. The molecular weight excluding hydrogens is 248 g/mol. The molecule has 3 rings (SSSR count). The van der Waals surface area contributed by atoms with E-state index in [1.807, 2.05) is 12.1 Å². The Hall–Kier alpha value is -2.03. The van der Waals surface area contributed by atoms with E-state index in [2.05, 4.69) is 23.0 Å². The number of hydrogen-bond donors (Lipinski definition) is 0. The third-order valence-electron chi connectivity index (χ3n) is 4.06. The molecule has 0 saturated heterocycles. The molecule has 102 valence electrons. The minimum Gasteiger partial charge on any atom is -0.293 e. The van der Waals surface area contributed by atoms with Crippen molar-refractivity contribution in [2.24, 2.45) is 0 Å². The largest absolute Gasteiger partial charge is 0.293 e. The number of Topliss-reactive ketones (excluding diaryl/α,β-unsaturated/α-hetero) is 1. The Bertz CT molecular complexity index is 636. The molecule has 1 unspecified atom stereocenters. The zero-order valence-electron chi connectivity index (χ0n) is 11.7. The molecule has 1 aliphatic rings. The fourth-order valence-corrected chi connectivity index (χ4v) is 3.00. The van der Waals surface area contributed by atoms with E-state index in [9.17, 15) is 4.79 Å². The molecule has 0 radical (unpaired) electrons. The summed E-state index contributed by atoms with van der Waals surface area (Å²) in [6, 6.07) is 5.89. The minimum atomic E-state index is -0.0901. The third-order valence-corrected chi connectivity index (χ3v) is 4.06. The lowest BCUT2D eigenvalue weighted by molar-refractivity contribution is 0.0948. The van der Waals surface area contributed by atoms with Crippen molar-refractivity contribution < 1.29 is 4.79 Å². The van der Waals surface area contributed by atoms with E-state index >= 15 is 0 Å². The summed E-state index contributed by atoms with van der Waals surface area (Å²) in [7, 11) is 0. The molecule has 2 aromatic rings. The highest BCUT2D eigenvalue weighted by molar-refractivity contribution is 6.02. The maximum absolute atomic E-state index is 12.9. The topological polar surface area (TPSA) is 42.9 Å². The number of fused-ring (bicyclic) bond motifs is 1. The predicted octanol–water partition coefficient (Wildman–Crippen LogP) is 3.34. The van der Waals surface area contributed by atoms with Gasteiger partial charge in [-0.05, 0) is 48.9 Å². The van der Waals surface area contributed by atoms with Crippen LogP contribution < -0.4 is 0 Å². The first-order chi connectivity index (χ1) is 9.81. The van der Waals surface area contributed by atoms with Crippen LogP contribution in [0.3, 0.4) is 0 Å². The van der Waals surface area contributed by atoms with Gasteiger partial charge in [0.2, 0.25) is 0 Å². The van der Waals surface area contributed by atoms with Crippen molar-refractivity contribution in [2.75, 3.05) is 0 Å².